The minimum Gasteiger partial charge on any atom is -0.481 e. The predicted molar refractivity (Wildman–Crippen MR) is 59.4 cm³/mol. The number of nitrogens with zero attached hydrogens (tertiary/aromatic N) is 2. The fourth-order valence-electron chi connectivity index (χ4n) is 1.34. The van der Waals surface area contributed by atoms with Crippen LogP contribution in [-0.2, 0) is 11.8 Å². The van der Waals surface area contributed by atoms with E-state index in [9.17, 15) is 14.4 Å². The van der Waals surface area contributed by atoms with Crippen molar-refractivity contribution in [2.45, 2.75) is 12.8 Å². The number of aromatic carboxylic acids is 1. The molecule has 0 aromatic carbocycles. The second kappa shape index (κ2) is 5.80. The summed E-state index contributed by atoms with van der Waals surface area (Å²) in [5.74, 6) is -2.81. The fraction of sp³-hybridized carbons (Fsp3) is 0.400. The molecule has 1 amide bonds. The van der Waals surface area contributed by atoms with E-state index in [-0.39, 0.29) is 30.6 Å². The first-order chi connectivity index (χ1) is 8.41. The minimum atomic E-state index is -1.24. The molecule has 0 saturated heterocycles. The number of rotatable bonds is 6. The van der Waals surface area contributed by atoms with Crippen LogP contribution < -0.4 is 5.32 Å². The number of nitrogens with one attached hydrogen (secondary N) is 1. The smallest absolute Gasteiger partial charge is 0.339 e. The Morgan fingerprint density at radius 3 is 2.61 bits per heavy atom. The standard InChI is InChI=1S/C10H13N3O5/c1-13-5-6(10(17)18)8(12-13)9(16)11-4-2-3-7(14)15/h5H,2-4H2,1H3,(H,11,16)(H,14,15)(H,17,18). The van der Waals surface area contributed by atoms with Crippen molar-refractivity contribution in [3.05, 3.63) is 17.5 Å². The van der Waals surface area contributed by atoms with Gasteiger partial charge in [-0.05, 0) is 6.42 Å². The predicted octanol–water partition coefficient (Wildman–Crippen LogP) is -0.287. The van der Waals surface area contributed by atoms with Gasteiger partial charge in [0.25, 0.3) is 5.91 Å². The second-order valence-electron chi connectivity index (χ2n) is 3.62. The van der Waals surface area contributed by atoms with Crippen LogP contribution in [0.1, 0.15) is 33.7 Å². The Labute approximate surface area is 102 Å². The molecule has 0 aliphatic rings. The number of aromatic nitrogens is 2. The molecule has 8 nitrogen and oxygen atoms in total. The quantitative estimate of drug-likeness (QED) is 0.600. The van der Waals surface area contributed by atoms with E-state index < -0.39 is 17.8 Å². The summed E-state index contributed by atoms with van der Waals surface area (Å²) < 4.78 is 1.23. The molecule has 0 atom stereocenters. The molecule has 0 spiro atoms. The second-order valence-corrected chi connectivity index (χ2v) is 3.62. The van der Waals surface area contributed by atoms with Crippen molar-refractivity contribution < 1.29 is 24.6 Å². The molecular formula is C10H13N3O5. The van der Waals surface area contributed by atoms with E-state index >= 15 is 0 Å². The minimum absolute atomic E-state index is 0.0612. The first-order valence-electron chi connectivity index (χ1n) is 5.18. The number of carboxylic acid groups (broad SMARTS) is 2. The summed E-state index contributed by atoms with van der Waals surface area (Å²) in [4.78, 5) is 32.7. The first-order valence-corrected chi connectivity index (χ1v) is 5.18. The van der Waals surface area contributed by atoms with Gasteiger partial charge in [0.15, 0.2) is 5.69 Å². The van der Waals surface area contributed by atoms with Crippen molar-refractivity contribution >= 4 is 17.8 Å². The normalized spacial score (nSPS) is 10.1. The summed E-state index contributed by atoms with van der Waals surface area (Å²) in [5, 5.41) is 23.4. The van der Waals surface area contributed by atoms with Crippen LogP contribution >= 0.6 is 0 Å². The highest BCUT2D eigenvalue weighted by atomic mass is 16.4. The molecule has 0 aliphatic heterocycles. The van der Waals surface area contributed by atoms with Crippen LogP contribution in [0.4, 0.5) is 0 Å². The number of carboxylic acids is 2. The highest BCUT2D eigenvalue weighted by Crippen LogP contribution is 2.06. The summed E-state index contributed by atoms with van der Waals surface area (Å²) in [6.07, 6.45) is 1.44. The third-order valence-corrected chi connectivity index (χ3v) is 2.13. The van der Waals surface area contributed by atoms with Gasteiger partial charge in [-0.1, -0.05) is 0 Å². The number of carbonyl (C=O) groups excluding carboxylic acids is 1. The molecule has 0 radical (unpaired) electrons. The lowest BCUT2D eigenvalue weighted by Gasteiger charge is -2.02. The van der Waals surface area contributed by atoms with E-state index in [4.69, 9.17) is 10.2 Å². The molecule has 1 aromatic heterocycles. The first kappa shape index (κ1) is 13.7. The van der Waals surface area contributed by atoms with Crippen LogP contribution in [0.3, 0.4) is 0 Å². The molecule has 8 heteroatoms. The maximum Gasteiger partial charge on any atom is 0.339 e. The van der Waals surface area contributed by atoms with E-state index in [0.717, 1.165) is 0 Å². The summed E-state index contributed by atoms with van der Waals surface area (Å²) in [5.41, 5.74) is -0.367. The van der Waals surface area contributed by atoms with Crippen LogP contribution in [0.5, 0.6) is 0 Å². The fourth-order valence-corrected chi connectivity index (χ4v) is 1.34. The lowest BCUT2D eigenvalue weighted by molar-refractivity contribution is -0.137. The Kier molecular flexibility index (Phi) is 4.41. The van der Waals surface area contributed by atoms with Gasteiger partial charge in [-0.15, -0.1) is 0 Å². The van der Waals surface area contributed by atoms with Gasteiger partial charge in [0, 0.05) is 26.2 Å². The van der Waals surface area contributed by atoms with E-state index in [0.29, 0.717) is 0 Å². The number of carbonyl (C=O) groups is 3. The number of aliphatic carboxylic acids is 1. The van der Waals surface area contributed by atoms with Gasteiger partial charge in [0.1, 0.15) is 5.56 Å². The zero-order chi connectivity index (χ0) is 13.7. The molecule has 0 aliphatic carbocycles. The zero-order valence-electron chi connectivity index (χ0n) is 9.71. The summed E-state index contributed by atoms with van der Waals surface area (Å²) >= 11 is 0. The van der Waals surface area contributed by atoms with Crippen molar-refractivity contribution in [1.29, 1.82) is 0 Å². The summed E-state index contributed by atoms with van der Waals surface area (Å²) in [6, 6.07) is 0. The zero-order valence-corrected chi connectivity index (χ0v) is 9.71. The van der Waals surface area contributed by atoms with Gasteiger partial charge < -0.3 is 15.5 Å². The van der Waals surface area contributed by atoms with E-state index in [2.05, 4.69) is 10.4 Å². The molecule has 0 unspecified atom stereocenters. The third kappa shape index (κ3) is 3.58. The molecule has 1 aromatic rings. The number of hydrogen-bond acceptors (Lipinski definition) is 4. The van der Waals surface area contributed by atoms with Crippen LogP contribution in [0.2, 0.25) is 0 Å². The Morgan fingerprint density at radius 1 is 1.39 bits per heavy atom. The number of aryl methyl sites for hydroxylation is 1. The molecule has 0 saturated carbocycles. The van der Waals surface area contributed by atoms with Gasteiger partial charge in [-0.2, -0.15) is 5.10 Å². The molecular weight excluding hydrogens is 242 g/mol. The van der Waals surface area contributed by atoms with Gasteiger partial charge >= 0.3 is 11.9 Å². The molecule has 0 bridgehead atoms. The highest BCUT2D eigenvalue weighted by molar-refractivity contribution is 6.03. The SMILES string of the molecule is Cn1cc(C(=O)O)c(C(=O)NCCCC(=O)O)n1. The summed E-state index contributed by atoms with van der Waals surface area (Å²) in [7, 11) is 1.51. The Hall–Kier alpha value is -2.38. The average Bonchev–Trinajstić information content (AvgIpc) is 2.66. The Bertz CT molecular complexity index is 480. The van der Waals surface area contributed by atoms with E-state index in [1.807, 2.05) is 0 Å². The van der Waals surface area contributed by atoms with Crippen LogP contribution in [0, 0.1) is 0 Å². The van der Waals surface area contributed by atoms with Crippen molar-refractivity contribution in [2.75, 3.05) is 6.54 Å². The van der Waals surface area contributed by atoms with E-state index in [1.165, 1.54) is 17.9 Å². The lowest BCUT2D eigenvalue weighted by Crippen LogP contribution is -2.27. The monoisotopic (exact) mass is 255 g/mol. The van der Waals surface area contributed by atoms with Crippen molar-refractivity contribution in [1.82, 2.24) is 15.1 Å². The maximum atomic E-state index is 11.6. The van der Waals surface area contributed by atoms with Crippen LogP contribution in [0.25, 0.3) is 0 Å². The van der Waals surface area contributed by atoms with Gasteiger partial charge in [0.2, 0.25) is 0 Å². The molecule has 98 valence electrons. The van der Waals surface area contributed by atoms with E-state index in [1.54, 1.807) is 0 Å². The molecule has 1 heterocycles. The van der Waals surface area contributed by atoms with Gasteiger partial charge in [0.05, 0.1) is 0 Å². The summed E-state index contributed by atoms with van der Waals surface area (Å²) in [6.45, 7) is 0.154. The maximum absolute atomic E-state index is 11.6. The highest BCUT2D eigenvalue weighted by Gasteiger charge is 2.20. The van der Waals surface area contributed by atoms with Crippen molar-refractivity contribution in [3.8, 4) is 0 Å². The number of amides is 1. The van der Waals surface area contributed by atoms with Crippen LogP contribution in [-0.4, -0.2) is 44.4 Å². The number of hydrogen-bond donors (Lipinski definition) is 3. The third-order valence-electron chi connectivity index (χ3n) is 2.13. The molecule has 3 N–H and O–H groups in total. The average molecular weight is 255 g/mol. The topological polar surface area (TPSA) is 122 Å². The lowest BCUT2D eigenvalue weighted by atomic mass is 10.2. The molecule has 0 fully saturated rings. The van der Waals surface area contributed by atoms with Crippen LogP contribution in [0.15, 0.2) is 6.20 Å². The Balaban J connectivity index is 2.61. The van der Waals surface area contributed by atoms with Gasteiger partial charge in [-0.25, -0.2) is 4.79 Å². The van der Waals surface area contributed by atoms with Crippen molar-refractivity contribution in [2.24, 2.45) is 7.05 Å². The van der Waals surface area contributed by atoms with Gasteiger partial charge in [-0.3, -0.25) is 14.3 Å². The Morgan fingerprint density at radius 2 is 2.06 bits per heavy atom. The van der Waals surface area contributed by atoms with Crippen molar-refractivity contribution in [3.63, 3.8) is 0 Å². The largest absolute Gasteiger partial charge is 0.481 e. The molecule has 18 heavy (non-hydrogen) atoms. The molecule has 1 rings (SSSR count).